The molecule has 18 heavy (non-hydrogen) atoms. The number of likely N-dealkylation sites (N-methyl/N-ethyl adjacent to an activating group) is 1. The van der Waals surface area contributed by atoms with Crippen LogP contribution >= 0.6 is 0 Å². The second-order valence-electron chi connectivity index (χ2n) is 4.39. The maximum atomic E-state index is 12.0. The number of nitrogens with two attached hydrogens (primary N) is 1. The highest BCUT2D eigenvalue weighted by Crippen LogP contribution is 2.25. The van der Waals surface area contributed by atoms with Gasteiger partial charge in [0.2, 0.25) is 0 Å². The SMILES string of the molecule is CC(C)OCCN(C)C(=O)c1cccc(N)c1O. The summed E-state index contributed by atoms with van der Waals surface area (Å²) in [4.78, 5) is 13.5. The molecule has 1 rings (SSSR count). The van der Waals surface area contributed by atoms with Gasteiger partial charge in [-0.1, -0.05) is 6.07 Å². The first-order valence-electron chi connectivity index (χ1n) is 5.88. The minimum absolute atomic E-state index is 0.134. The maximum Gasteiger partial charge on any atom is 0.257 e. The fourth-order valence-corrected chi connectivity index (χ4v) is 1.47. The van der Waals surface area contributed by atoms with Crippen LogP contribution in [0.3, 0.4) is 0 Å². The molecular formula is C13H20N2O3. The van der Waals surface area contributed by atoms with Crippen LogP contribution in [0.4, 0.5) is 5.69 Å². The molecule has 1 amide bonds. The van der Waals surface area contributed by atoms with E-state index in [1.54, 1.807) is 25.2 Å². The van der Waals surface area contributed by atoms with Crippen molar-refractivity contribution in [2.45, 2.75) is 20.0 Å². The summed E-state index contributed by atoms with van der Waals surface area (Å²) in [5, 5.41) is 9.73. The van der Waals surface area contributed by atoms with Crippen molar-refractivity contribution >= 4 is 11.6 Å². The Morgan fingerprint density at radius 1 is 1.50 bits per heavy atom. The van der Waals surface area contributed by atoms with Gasteiger partial charge in [0, 0.05) is 13.6 Å². The number of amides is 1. The van der Waals surface area contributed by atoms with E-state index in [1.165, 1.54) is 4.90 Å². The number of nitrogens with zero attached hydrogens (tertiary/aromatic N) is 1. The summed E-state index contributed by atoms with van der Waals surface area (Å²) < 4.78 is 5.37. The number of rotatable bonds is 5. The topological polar surface area (TPSA) is 75.8 Å². The molecule has 0 bridgehead atoms. The lowest BCUT2D eigenvalue weighted by atomic mass is 10.1. The molecule has 3 N–H and O–H groups in total. The second-order valence-corrected chi connectivity index (χ2v) is 4.39. The third kappa shape index (κ3) is 3.63. The average Bonchev–Trinajstić information content (AvgIpc) is 2.31. The molecule has 1 aromatic carbocycles. The van der Waals surface area contributed by atoms with Crippen LogP contribution < -0.4 is 5.73 Å². The van der Waals surface area contributed by atoms with Gasteiger partial charge in [-0.2, -0.15) is 0 Å². The molecule has 0 fully saturated rings. The molecule has 0 radical (unpaired) electrons. The first kappa shape index (κ1) is 14.3. The van der Waals surface area contributed by atoms with Gasteiger partial charge in [-0.15, -0.1) is 0 Å². The molecule has 5 heteroatoms. The predicted molar refractivity (Wildman–Crippen MR) is 70.6 cm³/mol. The molecule has 5 nitrogen and oxygen atoms in total. The molecule has 1 aromatic rings. The van der Waals surface area contributed by atoms with Crippen molar-refractivity contribution in [3.8, 4) is 5.75 Å². The zero-order valence-corrected chi connectivity index (χ0v) is 11.0. The molecule has 0 aliphatic heterocycles. The standard InChI is InChI=1S/C13H20N2O3/c1-9(2)18-8-7-15(3)13(17)10-5-4-6-11(14)12(10)16/h4-6,9,16H,7-8,14H2,1-3H3. The number of hydrogen-bond donors (Lipinski definition) is 2. The van der Waals surface area contributed by atoms with Crippen LogP contribution in [0.2, 0.25) is 0 Å². The fourth-order valence-electron chi connectivity index (χ4n) is 1.47. The molecule has 0 aliphatic carbocycles. The first-order valence-corrected chi connectivity index (χ1v) is 5.88. The Morgan fingerprint density at radius 3 is 2.78 bits per heavy atom. The molecule has 0 spiro atoms. The summed E-state index contributed by atoms with van der Waals surface area (Å²) >= 11 is 0. The highest BCUT2D eigenvalue weighted by atomic mass is 16.5. The Morgan fingerprint density at radius 2 is 2.17 bits per heavy atom. The largest absolute Gasteiger partial charge is 0.505 e. The van der Waals surface area contributed by atoms with Gasteiger partial charge in [-0.25, -0.2) is 0 Å². The quantitative estimate of drug-likeness (QED) is 0.614. The van der Waals surface area contributed by atoms with E-state index in [1.807, 2.05) is 13.8 Å². The van der Waals surface area contributed by atoms with E-state index in [-0.39, 0.29) is 29.0 Å². The normalized spacial score (nSPS) is 10.7. The van der Waals surface area contributed by atoms with Gasteiger partial charge in [-0.3, -0.25) is 4.79 Å². The summed E-state index contributed by atoms with van der Waals surface area (Å²) in [5.74, 6) is -0.439. The predicted octanol–water partition coefficient (Wildman–Crippen LogP) is 1.47. The fraction of sp³-hybridized carbons (Fsp3) is 0.462. The number of ether oxygens (including phenoxy) is 1. The van der Waals surface area contributed by atoms with Crippen molar-refractivity contribution in [3.05, 3.63) is 23.8 Å². The number of aromatic hydroxyl groups is 1. The van der Waals surface area contributed by atoms with Gasteiger partial charge in [0.15, 0.2) is 5.75 Å². The van der Waals surface area contributed by atoms with Gasteiger partial charge >= 0.3 is 0 Å². The summed E-state index contributed by atoms with van der Waals surface area (Å²) in [5.41, 5.74) is 5.96. The molecule has 100 valence electrons. The van der Waals surface area contributed by atoms with Crippen molar-refractivity contribution < 1.29 is 14.6 Å². The molecule has 0 heterocycles. The number of phenols is 1. The second kappa shape index (κ2) is 6.26. The molecule has 0 saturated carbocycles. The van der Waals surface area contributed by atoms with Crippen molar-refractivity contribution in [3.63, 3.8) is 0 Å². The molecule has 0 aromatic heterocycles. The Hall–Kier alpha value is -1.75. The number of nitrogen functional groups attached to an aromatic ring is 1. The van der Waals surface area contributed by atoms with Gasteiger partial charge in [-0.05, 0) is 26.0 Å². The Labute approximate surface area is 107 Å². The third-order valence-electron chi connectivity index (χ3n) is 2.52. The first-order chi connectivity index (χ1) is 8.43. The molecule has 0 atom stereocenters. The highest BCUT2D eigenvalue weighted by Gasteiger charge is 2.16. The highest BCUT2D eigenvalue weighted by molar-refractivity contribution is 5.98. The lowest BCUT2D eigenvalue weighted by Crippen LogP contribution is -2.30. The summed E-state index contributed by atoms with van der Waals surface area (Å²) in [6.07, 6.45) is 0.134. The van der Waals surface area contributed by atoms with E-state index in [0.717, 1.165) is 0 Å². The average molecular weight is 252 g/mol. The Bertz CT molecular complexity index is 419. The van der Waals surface area contributed by atoms with Crippen LogP contribution in [0.15, 0.2) is 18.2 Å². The maximum absolute atomic E-state index is 12.0. The Balaban J connectivity index is 2.66. The number of anilines is 1. The van der Waals surface area contributed by atoms with Crippen molar-refractivity contribution in [1.82, 2.24) is 4.90 Å². The number of hydrogen-bond acceptors (Lipinski definition) is 4. The number of carbonyl (C=O) groups is 1. The summed E-state index contributed by atoms with van der Waals surface area (Å²) in [6, 6.07) is 4.74. The van der Waals surface area contributed by atoms with Gasteiger partial charge in [0.05, 0.1) is 24.0 Å². The van der Waals surface area contributed by atoms with Gasteiger partial charge < -0.3 is 20.5 Å². The van der Waals surface area contributed by atoms with Gasteiger partial charge in [0.1, 0.15) is 0 Å². The summed E-state index contributed by atoms with van der Waals surface area (Å²) in [6.45, 7) is 4.80. The Kier molecular flexibility index (Phi) is 4.97. The third-order valence-corrected chi connectivity index (χ3v) is 2.52. The monoisotopic (exact) mass is 252 g/mol. The minimum atomic E-state index is -0.271. The van der Waals surface area contributed by atoms with E-state index in [9.17, 15) is 9.90 Å². The van der Waals surface area contributed by atoms with E-state index < -0.39 is 0 Å². The van der Waals surface area contributed by atoms with Crippen LogP contribution in [-0.4, -0.2) is 42.2 Å². The molecule has 0 aliphatic rings. The van der Waals surface area contributed by atoms with Crippen LogP contribution in [0.5, 0.6) is 5.75 Å². The van der Waals surface area contributed by atoms with Gasteiger partial charge in [0.25, 0.3) is 5.91 Å². The summed E-state index contributed by atoms with van der Waals surface area (Å²) in [7, 11) is 1.66. The van der Waals surface area contributed by atoms with E-state index in [2.05, 4.69) is 0 Å². The lowest BCUT2D eigenvalue weighted by molar-refractivity contribution is 0.0530. The zero-order chi connectivity index (χ0) is 13.7. The van der Waals surface area contributed by atoms with Crippen LogP contribution in [0.25, 0.3) is 0 Å². The van der Waals surface area contributed by atoms with E-state index in [4.69, 9.17) is 10.5 Å². The molecule has 0 unspecified atom stereocenters. The van der Waals surface area contributed by atoms with Crippen molar-refractivity contribution in [1.29, 1.82) is 0 Å². The lowest BCUT2D eigenvalue weighted by Gasteiger charge is -2.19. The number of para-hydroxylation sites is 1. The smallest absolute Gasteiger partial charge is 0.257 e. The van der Waals surface area contributed by atoms with Crippen molar-refractivity contribution in [2.24, 2.45) is 0 Å². The number of benzene rings is 1. The molecule has 0 saturated heterocycles. The van der Waals surface area contributed by atoms with Crippen molar-refractivity contribution in [2.75, 3.05) is 25.9 Å². The van der Waals surface area contributed by atoms with Crippen LogP contribution in [0.1, 0.15) is 24.2 Å². The number of phenolic OH excluding ortho intramolecular Hbond substituents is 1. The molecular weight excluding hydrogens is 232 g/mol. The van der Waals surface area contributed by atoms with E-state index >= 15 is 0 Å². The zero-order valence-electron chi connectivity index (χ0n) is 11.0. The van der Waals surface area contributed by atoms with Crippen LogP contribution in [-0.2, 0) is 4.74 Å². The van der Waals surface area contributed by atoms with E-state index in [0.29, 0.717) is 13.2 Å². The minimum Gasteiger partial charge on any atom is -0.505 e. The number of carbonyl (C=O) groups excluding carboxylic acids is 1. The van der Waals surface area contributed by atoms with Crippen LogP contribution in [0, 0.1) is 0 Å².